The molecule has 1 rings (SSSR count). The van der Waals surface area contributed by atoms with Crippen LogP contribution >= 0.6 is 15.9 Å². The van der Waals surface area contributed by atoms with Crippen LogP contribution in [0, 0.1) is 5.92 Å². The monoisotopic (exact) mass is 301 g/mol. The zero-order chi connectivity index (χ0) is 13.0. The van der Waals surface area contributed by atoms with Crippen molar-refractivity contribution in [3.8, 4) is 0 Å². The summed E-state index contributed by atoms with van der Waals surface area (Å²) < 4.78 is 1.69. The lowest BCUT2D eigenvalue weighted by Crippen LogP contribution is -2.39. The van der Waals surface area contributed by atoms with E-state index in [2.05, 4.69) is 40.2 Å². The second kappa shape index (κ2) is 6.19. The molecule has 0 spiro atoms. The predicted octanol–water partition coefficient (Wildman–Crippen LogP) is 2.13. The van der Waals surface area contributed by atoms with Crippen LogP contribution in [0.3, 0.4) is 0 Å². The lowest BCUT2D eigenvalue weighted by molar-refractivity contribution is 0.0931. The molecule has 0 aromatic carbocycles. The summed E-state index contributed by atoms with van der Waals surface area (Å²) in [4.78, 5) is 12.1. The minimum atomic E-state index is -0.0342. The number of hydrogen-bond donors (Lipinski definition) is 1. The lowest BCUT2D eigenvalue weighted by atomic mass is 10.1. The first-order valence-corrected chi connectivity index (χ1v) is 7.01. The van der Waals surface area contributed by atoms with Crippen LogP contribution in [0.2, 0.25) is 0 Å². The Kier molecular flexibility index (Phi) is 5.18. The fourth-order valence-electron chi connectivity index (χ4n) is 1.61. The SMILES string of the molecule is CCc1nn(C)cc1C(=O)NC(CBr)C(C)C. The number of halogens is 1. The van der Waals surface area contributed by atoms with Gasteiger partial charge in [-0.05, 0) is 12.3 Å². The van der Waals surface area contributed by atoms with Crippen LogP contribution in [-0.2, 0) is 13.5 Å². The molecule has 1 aromatic rings. The van der Waals surface area contributed by atoms with Crippen molar-refractivity contribution in [3.63, 3.8) is 0 Å². The van der Waals surface area contributed by atoms with Crippen molar-refractivity contribution < 1.29 is 4.79 Å². The highest BCUT2D eigenvalue weighted by Gasteiger charge is 2.19. The zero-order valence-electron chi connectivity index (χ0n) is 10.8. The average molecular weight is 302 g/mol. The Hall–Kier alpha value is -0.840. The normalized spacial score (nSPS) is 12.8. The van der Waals surface area contributed by atoms with Crippen LogP contribution in [0.1, 0.15) is 36.8 Å². The standard InChI is InChI=1S/C12H20BrN3O/c1-5-10-9(7-16(4)15-10)12(17)14-11(6-13)8(2)3/h7-8,11H,5-6H2,1-4H3,(H,14,17). The van der Waals surface area contributed by atoms with E-state index in [1.54, 1.807) is 10.9 Å². The molecule has 0 aliphatic carbocycles. The third-order valence-corrected chi connectivity index (χ3v) is 3.47. The van der Waals surface area contributed by atoms with Crippen molar-refractivity contribution in [2.75, 3.05) is 5.33 Å². The lowest BCUT2D eigenvalue weighted by Gasteiger charge is -2.19. The maximum Gasteiger partial charge on any atom is 0.255 e. The molecular weight excluding hydrogens is 282 g/mol. The van der Waals surface area contributed by atoms with Gasteiger partial charge in [-0.1, -0.05) is 36.7 Å². The Labute approximate surface area is 111 Å². The number of aryl methyl sites for hydroxylation is 2. The molecule has 0 saturated heterocycles. The third kappa shape index (κ3) is 3.56. The van der Waals surface area contributed by atoms with E-state index in [9.17, 15) is 4.79 Å². The number of aromatic nitrogens is 2. The van der Waals surface area contributed by atoms with E-state index < -0.39 is 0 Å². The van der Waals surface area contributed by atoms with Gasteiger partial charge in [-0.15, -0.1) is 0 Å². The highest BCUT2D eigenvalue weighted by molar-refractivity contribution is 9.09. The summed E-state index contributed by atoms with van der Waals surface area (Å²) in [6.45, 7) is 6.19. The van der Waals surface area contributed by atoms with Gasteiger partial charge in [0.2, 0.25) is 0 Å². The molecular formula is C12H20BrN3O. The fraction of sp³-hybridized carbons (Fsp3) is 0.667. The van der Waals surface area contributed by atoms with E-state index in [1.807, 2.05) is 14.0 Å². The number of rotatable bonds is 5. The van der Waals surface area contributed by atoms with E-state index in [0.717, 1.165) is 17.4 Å². The molecule has 4 nitrogen and oxygen atoms in total. The molecule has 1 amide bonds. The van der Waals surface area contributed by atoms with Gasteiger partial charge in [0, 0.05) is 24.6 Å². The maximum atomic E-state index is 12.1. The zero-order valence-corrected chi connectivity index (χ0v) is 12.4. The minimum absolute atomic E-state index is 0.0342. The smallest absolute Gasteiger partial charge is 0.255 e. The van der Waals surface area contributed by atoms with Crippen molar-refractivity contribution in [2.45, 2.75) is 33.2 Å². The largest absolute Gasteiger partial charge is 0.348 e. The number of amides is 1. The fourth-order valence-corrected chi connectivity index (χ4v) is 2.52. The molecule has 1 heterocycles. The topological polar surface area (TPSA) is 46.9 Å². The number of carbonyl (C=O) groups excluding carboxylic acids is 1. The number of nitrogens with one attached hydrogen (secondary N) is 1. The van der Waals surface area contributed by atoms with Gasteiger partial charge in [-0.25, -0.2) is 0 Å². The summed E-state index contributed by atoms with van der Waals surface area (Å²) in [6.07, 6.45) is 2.55. The number of alkyl halides is 1. The first-order chi connectivity index (χ1) is 7.99. The third-order valence-electron chi connectivity index (χ3n) is 2.77. The Morgan fingerprint density at radius 1 is 1.59 bits per heavy atom. The summed E-state index contributed by atoms with van der Waals surface area (Å²) in [5.41, 5.74) is 1.53. The summed E-state index contributed by atoms with van der Waals surface area (Å²) in [5.74, 6) is 0.369. The number of nitrogens with zero attached hydrogens (tertiary/aromatic N) is 2. The molecule has 0 aliphatic heterocycles. The van der Waals surface area contributed by atoms with Crippen molar-refractivity contribution >= 4 is 21.8 Å². The molecule has 0 fully saturated rings. The Morgan fingerprint density at radius 3 is 2.71 bits per heavy atom. The van der Waals surface area contributed by atoms with E-state index in [4.69, 9.17) is 0 Å². The maximum absolute atomic E-state index is 12.1. The highest BCUT2D eigenvalue weighted by atomic mass is 79.9. The van der Waals surface area contributed by atoms with E-state index in [0.29, 0.717) is 11.5 Å². The molecule has 0 saturated carbocycles. The molecule has 1 unspecified atom stereocenters. The Balaban J connectivity index is 2.81. The van der Waals surface area contributed by atoms with Crippen LogP contribution in [0.4, 0.5) is 0 Å². The highest BCUT2D eigenvalue weighted by Crippen LogP contribution is 2.10. The quantitative estimate of drug-likeness (QED) is 0.847. The van der Waals surface area contributed by atoms with Crippen LogP contribution in [0.25, 0.3) is 0 Å². The van der Waals surface area contributed by atoms with Gasteiger partial charge in [0.25, 0.3) is 5.91 Å². The molecule has 0 aliphatic rings. The van der Waals surface area contributed by atoms with Crippen LogP contribution in [0.5, 0.6) is 0 Å². The first-order valence-electron chi connectivity index (χ1n) is 5.88. The predicted molar refractivity (Wildman–Crippen MR) is 72.5 cm³/mol. The van der Waals surface area contributed by atoms with Gasteiger partial charge in [0.15, 0.2) is 0 Å². The van der Waals surface area contributed by atoms with Gasteiger partial charge in [-0.3, -0.25) is 9.48 Å². The Morgan fingerprint density at radius 2 is 2.24 bits per heavy atom. The van der Waals surface area contributed by atoms with Gasteiger partial charge in [0.1, 0.15) is 0 Å². The molecule has 1 N–H and O–H groups in total. The summed E-state index contributed by atoms with van der Waals surface area (Å²) in [7, 11) is 1.83. The van der Waals surface area contributed by atoms with Crippen molar-refractivity contribution in [2.24, 2.45) is 13.0 Å². The van der Waals surface area contributed by atoms with Crippen molar-refractivity contribution in [1.82, 2.24) is 15.1 Å². The second-order valence-electron chi connectivity index (χ2n) is 4.49. The van der Waals surface area contributed by atoms with Gasteiger partial charge < -0.3 is 5.32 Å². The van der Waals surface area contributed by atoms with Gasteiger partial charge >= 0.3 is 0 Å². The van der Waals surface area contributed by atoms with Crippen LogP contribution < -0.4 is 5.32 Å². The Bertz CT molecular complexity index is 387. The molecule has 17 heavy (non-hydrogen) atoms. The molecule has 1 atom stereocenters. The van der Waals surface area contributed by atoms with Gasteiger partial charge in [-0.2, -0.15) is 5.10 Å². The first kappa shape index (κ1) is 14.2. The van der Waals surface area contributed by atoms with E-state index >= 15 is 0 Å². The minimum Gasteiger partial charge on any atom is -0.348 e. The average Bonchev–Trinajstić information content (AvgIpc) is 2.66. The van der Waals surface area contributed by atoms with Crippen LogP contribution in [0.15, 0.2) is 6.20 Å². The number of carbonyl (C=O) groups is 1. The van der Waals surface area contributed by atoms with Crippen molar-refractivity contribution in [1.29, 1.82) is 0 Å². The second-order valence-corrected chi connectivity index (χ2v) is 5.14. The summed E-state index contributed by atoms with van der Waals surface area (Å²) in [5, 5.41) is 8.07. The summed E-state index contributed by atoms with van der Waals surface area (Å²) in [6, 6.07) is 0.146. The molecule has 96 valence electrons. The van der Waals surface area contributed by atoms with Crippen molar-refractivity contribution in [3.05, 3.63) is 17.5 Å². The van der Waals surface area contributed by atoms with Crippen LogP contribution in [-0.4, -0.2) is 27.1 Å². The van der Waals surface area contributed by atoms with Gasteiger partial charge in [0.05, 0.1) is 11.3 Å². The molecule has 0 bridgehead atoms. The molecule has 1 aromatic heterocycles. The van der Waals surface area contributed by atoms with E-state index in [1.165, 1.54) is 0 Å². The number of hydrogen-bond acceptors (Lipinski definition) is 2. The molecule has 0 radical (unpaired) electrons. The summed E-state index contributed by atoms with van der Waals surface area (Å²) >= 11 is 3.42. The molecule has 5 heteroatoms. The van der Waals surface area contributed by atoms with E-state index in [-0.39, 0.29) is 11.9 Å².